The average molecular weight is 221 g/mol. The van der Waals surface area contributed by atoms with Crippen LogP contribution in [0.5, 0.6) is 0 Å². The van der Waals surface area contributed by atoms with Gasteiger partial charge < -0.3 is 5.73 Å². The largest absolute Gasteiger partial charge is 0.325 e. The van der Waals surface area contributed by atoms with E-state index in [1.54, 1.807) is 17.1 Å². The van der Waals surface area contributed by atoms with Gasteiger partial charge in [-0.3, -0.25) is 4.68 Å². The van der Waals surface area contributed by atoms with Crippen molar-refractivity contribution in [2.24, 2.45) is 12.8 Å². The highest BCUT2D eigenvalue weighted by Crippen LogP contribution is 2.23. The van der Waals surface area contributed by atoms with Gasteiger partial charge in [-0.15, -0.1) is 0 Å². The molecule has 78 valence electrons. The van der Waals surface area contributed by atoms with Crippen molar-refractivity contribution in [3.63, 3.8) is 0 Å². The second-order valence-corrected chi connectivity index (χ2v) is 4.03. The van der Waals surface area contributed by atoms with Gasteiger partial charge in [-0.25, -0.2) is 9.97 Å². The van der Waals surface area contributed by atoms with Crippen LogP contribution in [0, 0.1) is 0 Å². The van der Waals surface area contributed by atoms with Crippen LogP contribution in [0.2, 0.25) is 0 Å². The number of hydrogen-bond acceptors (Lipinski definition) is 5. The number of nitrogens with zero attached hydrogens (tertiary/aromatic N) is 4. The van der Waals surface area contributed by atoms with Crippen LogP contribution in [-0.4, -0.2) is 19.7 Å². The Hall–Kier alpha value is -1.40. The van der Waals surface area contributed by atoms with Gasteiger partial charge in [0, 0.05) is 26.0 Å². The van der Waals surface area contributed by atoms with E-state index in [1.165, 1.54) is 11.8 Å². The Balaban J connectivity index is 2.16. The molecule has 0 radical (unpaired) electrons. The van der Waals surface area contributed by atoms with E-state index in [4.69, 9.17) is 5.73 Å². The van der Waals surface area contributed by atoms with Gasteiger partial charge in [0.2, 0.25) is 0 Å². The molecule has 0 amide bonds. The minimum atomic E-state index is 0.434. The van der Waals surface area contributed by atoms with E-state index in [-0.39, 0.29) is 0 Å². The summed E-state index contributed by atoms with van der Waals surface area (Å²) in [4.78, 5) is 9.46. The topological polar surface area (TPSA) is 69.6 Å². The van der Waals surface area contributed by atoms with Crippen molar-refractivity contribution in [2.75, 3.05) is 0 Å². The lowest BCUT2D eigenvalue weighted by molar-refractivity contribution is 0.766. The van der Waals surface area contributed by atoms with Crippen molar-refractivity contribution in [3.05, 3.63) is 30.4 Å². The summed E-state index contributed by atoms with van der Waals surface area (Å²) in [6, 6.07) is 1.81. The minimum absolute atomic E-state index is 0.434. The molecule has 2 aromatic rings. The molecule has 2 N–H and O–H groups in total. The highest BCUT2D eigenvalue weighted by molar-refractivity contribution is 7.99. The molecule has 2 rings (SSSR count). The summed E-state index contributed by atoms with van der Waals surface area (Å²) in [5.41, 5.74) is 6.34. The molecule has 15 heavy (non-hydrogen) atoms. The molecule has 0 aliphatic heterocycles. The Morgan fingerprint density at radius 3 is 3.07 bits per heavy atom. The molecule has 0 atom stereocenters. The number of rotatable bonds is 3. The summed E-state index contributed by atoms with van der Waals surface area (Å²) in [5, 5.41) is 4.77. The molecule has 0 bridgehead atoms. The second-order valence-electron chi connectivity index (χ2n) is 2.99. The Morgan fingerprint density at radius 2 is 2.40 bits per heavy atom. The maximum absolute atomic E-state index is 5.50. The lowest BCUT2D eigenvalue weighted by Crippen LogP contribution is -2.00. The van der Waals surface area contributed by atoms with Gasteiger partial charge in [0.25, 0.3) is 0 Å². The van der Waals surface area contributed by atoms with Crippen LogP contribution in [-0.2, 0) is 13.6 Å². The van der Waals surface area contributed by atoms with Crippen LogP contribution in [0.15, 0.2) is 34.7 Å². The van der Waals surface area contributed by atoms with Gasteiger partial charge in [-0.1, -0.05) is 0 Å². The van der Waals surface area contributed by atoms with E-state index in [0.29, 0.717) is 11.7 Å². The predicted octanol–water partition coefficient (Wildman–Crippen LogP) is 0.820. The first-order valence-electron chi connectivity index (χ1n) is 4.46. The van der Waals surface area contributed by atoms with Gasteiger partial charge in [0.05, 0.1) is 16.8 Å². The van der Waals surface area contributed by atoms with Gasteiger partial charge in [-0.05, 0) is 17.8 Å². The van der Waals surface area contributed by atoms with Crippen LogP contribution in [0.4, 0.5) is 0 Å². The van der Waals surface area contributed by atoms with E-state index >= 15 is 0 Å². The van der Waals surface area contributed by atoms with Crippen LogP contribution in [0.25, 0.3) is 0 Å². The molecule has 5 nitrogen and oxygen atoms in total. The van der Waals surface area contributed by atoms with Crippen LogP contribution >= 0.6 is 11.8 Å². The fourth-order valence-electron chi connectivity index (χ4n) is 1.10. The third kappa shape index (κ3) is 2.54. The third-order valence-corrected chi connectivity index (χ3v) is 2.62. The van der Waals surface area contributed by atoms with Crippen LogP contribution in [0.3, 0.4) is 0 Å². The van der Waals surface area contributed by atoms with Gasteiger partial charge in [0.15, 0.2) is 5.16 Å². The van der Waals surface area contributed by atoms with Crippen molar-refractivity contribution in [3.8, 4) is 0 Å². The maximum Gasteiger partial charge on any atom is 0.192 e. The van der Waals surface area contributed by atoms with Crippen molar-refractivity contribution in [1.82, 2.24) is 19.7 Å². The zero-order chi connectivity index (χ0) is 10.7. The summed E-state index contributed by atoms with van der Waals surface area (Å²) in [7, 11) is 1.88. The van der Waals surface area contributed by atoms with Crippen LogP contribution < -0.4 is 5.73 Å². The lowest BCUT2D eigenvalue weighted by atomic mass is 10.4. The zero-order valence-electron chi connectivity index (χ0n) is 8.29. The fraction of sp³-hybridized carbons (Fsp3) is 0.222. The summed E-state index contributed by atoms with van der Waals surface area (Å²) >= 11 is 1.48. The molecule has 0 unspecified atom stereocenters. The van der Waals surface area contributed by atoms with Gasteiger partial charge >= 0.3 is 0 Å². The standard InChI is InChI=1S/C9H11N5S/c1-14-6-8(5-12-14)15-9-11-3-2-7(4-10)13-9/h2-3,5-6H,4,10H2,1H3. The predicted molar refractivity (Wildman–Crippen MR) is 57.3 cm³/mol. The summed E-state index contributed by atoms with van der Waals surface area (Å²) in [6.45, 7) is 0.434. The lowest BCUT2D eigenvalue weighted by Gasteiger charge is -1.98. The highest BCUT2D eigenvalue weighted by Gasteiger charge is 2.02. The van der Waals surface area contributed by atoms with Crippen molar-refractivity contribution >= 4 is 11.8 Å². The molecule has 0 saturated carbocycles. The number of aromatic nitrogens is 4. The quantitative estimate of drug-likeness (QED) is 0.777. The first-order valence-corrected chi connectivity index (χ1v) is 5.28. The fourth-order valence-corrected chi connectivity index (χ4v) is 1.89. The van der Waals surface area contributed by atoms with Crippen LogP contribution in [0.1, 0.15) is 5.69 Å². The Labute approximate surface area is 91.7 Å². The van der Waals surface area contributed by atoms with E-state index in [9.17, 15) is 0 Å². The van der Waals surface area contributed by atoms with Gasteiger partial charge in [-0.2, -0.15) is 5.10 Å². The molecule has 0 spiro atoms. The first kappa shape index (κ1) is 10.1. The average Bonchev–Trinajstić information content (AvgIpc) is 2.64. The zero-order valence-corrected chi connectivity index (χ0v) is 9.11. The Morgan fingerprint density at radius 1 is 1.53 bits per heavy atom. The molecule has 0 fully saturated rings. The Bertz CT molecular complexity index is 453. The summed E-state index contributed by atoms with van der Waals surface area (Å²) in [5.74, 6) is 0. The van der Waals surface area contributed by atoms with E-state index in [0.717, 1.165) is 10.6 Å². The monoisotopic (exact) mass is 221 g/mol. The summed E-state index contributed by atoms with van der Waals surface area (Å²) in [6.07, 6.45) is 5.42. The SMILES string of the molecule is Cn1cc(Sc2nccc(CN)n2)cn1. The summed E-state index contributed by atoms with van der Waals surface area (Å²) < 4.78 is 1.75. The van der Waals surface area contributed by atoms with E-state index < -0.39 is 0 Å². The smallest absolute Gasteiger partial charge is 0.192 e. The van der Waals surface area contributed by atoms with E-state index in [2.05, 4.69) is 15.1 Å². The molecule has 0 aliphatic carbocycles. The molecule has 0 saturated heterocycles. The molecule has 0 aliphatic rings. The maximum atomic E-state index is 5.50. The Kier molecular flexibility index (Phi) is 2.98. The molecule has 2 aromatic heterocycles. The highest BCUT2D eigenvalue weighted by atomic mass is 32.2. The number of hydrogen-bond donors (Lipinski definition) is 1. The first-order chi connectivity index (χ1) is 7.28. The van der Waals surface area contributed by atoms with Crippen molar-refractivity contribution < 1.29 is 0 Å². The molecule has 2 heterocycles. The van der Waals surface area contributed by atoms with Crippen molar-refractivity contribution in [1.29, 1.82) is 0 Å². The second kappa shape index (κ2) is 4.41. The molecular formula is C9H11N5S. The minimum Gasteiger partial charge on any atom is -0.325 e. The normalized spacial score (nSPS) is 10.5. The van der Waals surface area contributed by atoms with Crippen molar-refractivity contribution in [2.45, 2.75) is 16.6 Å². The van der Waals surface area contributed by atoms with E-state index in [1.807, 2.05) is 19.3 Å². The molecule has 0 aromatic carbocycles. The van der Waals surface area contributed by atoms with Gasteiger partial charge in [0.1, 0.15) is 0 Å². The molecule has 6 heteroatoms. The number of aryl methyl sites for hydroxylation is 1. The number of nitrogens with two attached hydrogens (primary N) is 1. The third-order valence-electron chi connectivity index (χ3n) is 1.79. The molecular weight excluding hydrogens is 210 g/mol.